The minimum atomic E-state index is -3.18. The molecule has 0 aromatic heterocycles. The van der Waals surface area contributed by atoms with E-state index in [0.29, 0.717) is 7.35 Å². The Balaban J connectivity index is 1.41. The summed E-state index contributed by atoms with van der Waals surface area (Å²) >= 11 is -3.18. The summed E-state index contributed by atoms with van der Waals surface area (Å²) < 4.78 is 6.69. The molecule has 272 valence electrons. The number of allylic oxidation sites excluding steroid dienone is 2. The molecule has 1 heteroatoms. The van der Waals surface area contributed by atoms with Crippen LogP contribution in [0.2, 0.25) is 9.36 Å². The Hall–Kier alpha value is -2.77. The van der Waals surface area contributed by atoms with E-state index in [2.05, 4.69) is 191 Å². The van der Waals surface area contributed by atoms with E-state index >= 15 is 0 Å². The first-order valence-electron chi connectivity index (χ1n) is 19.8. The van der Waals surface area contributed by atoms with Crippen molar-refractivity contribution in [2.24, 2.45) is 5.41 Å². The van der Waals surface area contributed by atoms with Gasteiger partial charge in [0.15, 0.2) is 0 Å². The van der Waals surface area contributed by atoms with E-state index in [4.69, 9.17) is 0 Å². The maximum absolute atomic E-state index is 3.18. The van der Waals surface area contributed by atoms with Crippen LogP contribution in [-0.2, 0) is 41.6 Å². The molecule has 7 rings (SSSR count). The maximum atomic E-state index is 2.78. The Morgan fingerprint density at radius 1 is 0.462 bits per heavy atom. The Morgan fingerprint density at radius 2 is 0.769 bits per heavy atom. The number of rotatable bonds is 2. The van der Waals surface area contributed by atoms with Gasteiger partial charge in [-0.15, -0.1) is 0 Å². The predicted molar refractivity (Wildman–Crippen MR) is 226 cm³/mol. The van der Waals surface area contributed by atoms with Gasteiger partial charge in [-0.25, -0.2) is 0 Å². The second-order valence-electron chi connectivity index (χ2n) is 21.7. The predicted octanol–water partition coefficient (Wildman–Crippen LogP) is 15.1. The number of benzene rings is 4. The van der Waals surface area contributed by atoms with E-state index in [-0.39, 0.29) is 27.1 Å². The normalized spacial score (nSPS) is 20.5. The van der Waals surface area contributed by atoms with Gasteiger partial charge in [0.2, 0.25) is 0 Å². The standard InChI is InChI=1S/C49H58.2CH3.Hf/c1-45(2,3)35-23-33(24-36(27-35)46(4,5)6)41-19-15-17-31-21-39(29-43(31)41)49(13,14)40-22-32-18-16-20-42(44(32)30-40)34-25-37(47(7,8)9)28-38(26-34)48(10,11)12;;;/h15-30H,1-14H3;2*1H3;. The van der Waals surface area contributed by atoms with E-state index in [1.54, 1.807) is 22.3 Å². The van der Waals surface area contributed by atoms with Gasteiger partial charge in [0.05, 0.1) is 0 Å². The average molecular weight is 856 g/mol. The van der Waals surface area contributed by atoms with Crippen molar-refractivity contribution in [1.29, 1.82) is 0 Å². The molecule has 4 aromatic rings. The molecule has 1 fully saturated rings. The van der Waals surface area contributed by atoms with Crippen LogP contribution >= 0.6 is 0 Å². The molecule has 0 nitrogen and oxygen atoms in total. The first-order valence-corrected chi connectivity index (χ1v) is 31.2. The first kappa shape index (κ1) is 37.5. The van der Waals surface area contributed by atoms with Crippen molar-refractivity contribution in [2.45, 2.75) is 135 Å². The van der Waals surface area contributed by atoms with Crippen molar-refractivity contribution in [2.75, 3.05) is 0 Å². The molecule has 0 bridgehead atoms. The molecule has 0 spiro atoms. The molecule has 2 unspecified atom stereocenters. The monoisotopic (exact) mass is 856 g/mol. The van der Waals surface area contributed by atoms with Crippen molar-refractivity contribution in [3.63, 3.8) is 0 Å². The van der Waals surface area contributed by atoms with Crippen molar-refractivity contribution >= 4 is 12.2 Å². The van der Waals surface area contributed by atoms with Crippen molar-refractivity contribution < 1.29 is 20.0 Å². The second kappa shape index (κ2) is 11.9. The summed E-state index contributed by atoms with van der Waals surface area (Å²) in [4.78, 5) is 0. The topological polar surface area (TPSA) is 0 Å². The summed E-state index contributed by atoms with van der Waals surface area (Å²) in [6, 6.07) is 29.4. The SMILES string of the molecule is CC1(C)C2=Cc3c(-c4cc(C(C)(C)C)cc(C(C)(C)C)c4)cccc3[CH]2[Hf]([CH3])([CH3])[CH]2C1=Cc1c(-c3cc(C(C)(C)C)cc(C(C)(C)C)c3)cccc12. The van der Waals surface area contributed by atoms with Crippen LogP contribution in [0.5, 0.6) is 0 Å². The molecule has 1 saturated heterocycles. The van der Waals surface area contributed by atoms with Gasteiger partial charge in [0.25, 0.3) is 0 Å². The van der Waals surface area contributed by atoms with Gasteiger partial charge in [-0.05, 0) is 0 Å². The Labute approximate surface area is 321 Å². The molecule has 0 N–H and O–H groups in total. The van der Waals surface area contributed by atoms with Crippen LogP contribution in [0.3, 0.4) is 0 Å². The molecule has 1 heterocycles. The van der Waals surface area contributed by atoms with Crippen LogP contribution in [0.15, 0.2) is 83.9 Å². The average Bonchev–Trinajstić information content (AvgIpc) is 3.64. The number of hydrogen-bond donors (Lipinski definition) is 0. The fourth-order valence-electron chi connectivity index (χ4n) is 9.63. The molecule has 0 amide bonds. The van der Waals surface area contributed by atoms with Crippen molar-refractivity contribution in [3.05, 3.63) is 128 Å². The first-order chi connectivity index (χ1) is 23.8. The number of fused-ring (bicyclic) bond motifs is 6. The molecule has 1 aliphatic heterocycles. The second-order valence-corrected chi connectivity index (χ2v) is 39.0. The summed E-state index contributed by atoms with van der Waals surface area (Å²) in [5.74, 6) is 0. The van der Waals surface area contributed by atoms with Crippen molar-refractivity contribution in [1.82, 2.24) is 0 Å². The Bertz CT molecular complexity index is 1950. The molecular weight excluding hydrogens is 791 g/mol. The zero-order valence-corrected chi connectivity index (χ0v) is 38.8. The molecule has 4 aromatic carbocycles. The quantitative estimate of drug-likeness (QED) is 0.176. The molecule has 2 atom stereocenters. The third kappa shape index (κ3) is 6.04. The third-order valence-electron chi connectivity index (χ3n) is 13.0. The summed E-state index contributed by atoms with van der Waals surface area (Å²) in [5, 5.41) is 0. The molecule has 0 saturated carbocycles. The minimum absolute atomic E-state index is 0.0227. The van der Waals surface area contributed by atoms with Gasteiger partial charge in [-0.1, -0.05) is 0 Å². The van der Waals surface area contributed by atoms with Crippen LogP contribution in [0, 0.1) is 5.41 Å². The van der Waals surface area contributed by atoms with Crippen molar-refractivity contribution in [3.8, 4) is 22.3 Å². The van der Waals surface area contributed by atoms with Gasteiger partial charge >= 0.3 is 324 Å². The summed E-state index contributed by atoms with van der Waals surface area (Å²) in [7, 11) is 0. The van der Waals surface area contributed by atoms with Gasteiger partial charge in [-0.2, -0.15) is 0 Å². The van der Waals surface area contributed by atoms with Crippen LogP contribution < -0.4 is 0 Å². The van der Waals surface area contributed by atoms with E-state index in [0.717, 1.165) is 0 Å². The van der Waals surface area contributed by atoms with E-state index in [1.807, 2.05) is 0 Å². The van der Waals surface area contributed by atoms with Crippen LogP contribution in [0.1, 0.15) is 149 Å². The summed E-state index contributed by atoms with van der Waals surface area (Å²) in [5.41, 5.74) is 21.1. The summed E-state index contributed by atoms with van der Waals surface area (Å²) in [6.45, 7) is 33.3. The zero-order chi connectivity index (χ0) is 38.1. The van der Waals surface area contributed by atoms with E-state index in [1.165, 1.54) is 55.6 Å². The third-order valence-corrected chi connectivity index (χ3v) is 28.2. The molecule has 3 aliphatic rings. The number of hydrogen-bond acceptors (Lipinski definition) is 0. The molecular formula is C51H64Hf. The van der Waals surface area contributed by atoms with Gasteiger partial charge in [0, 0.05) is 0 Å². The van der Waals surface area contributed by atoms with Crippen LogP contribution in [0.25, 0.3) is 34.4 Å². The summed E-state index contributed by atoms with van der Waals surface area (Å²) in [6.07, 6.45) is 5.34. The van der Waals surface area contributed by atoms with E-state index in [9.17, 15) is 0 Å². The fourth-order valence-corrected chi connectivity index (χ4v) is 27.3. The molecule has 52 heavy (non-hydrogen) atoms. The van der Waals surface area contributed by atoms with Gasteiger partial charge in [-0.3, -0.25) is 0 Å². The van der Waals surface area contributed by atoms with Crippen LogP contribution in [0.4, 0.5) is 0 Å². The van der Waals surface area contributed by atoms with Gasteiger partial charge in [0.1, 0.15) is 0 Å². The Morgan fingerprint density at radius 3 is 1.06 bits per heavy atom. The molecule has 2 aliphatic carbocycles. The fraction of sp³-hybridized carbons (Fsp3) is 0.451. The van der Waals surface area contributed by atoms with Crippen LogP contribution in [-0.4, -0.2) is 0 Å². The van der Waals surface area contributed by atoms with Gasteiger partial charge < -0.3 is 0 Å². The van der Waals surface area contributed by atoms with E-state index < -0.39 is 20.0 Å². The molecule has 0 radical (unpaired) electrons. The zero-order valence-electron chi connectivity index (χ0n) is 35.2. The Kier molecular flexibility index (Phi) is 8.56.